The second kappa shape index (κ2) is 12.6. The fourth-order valence-corrected chi connectivity index (χ4v) is 9.70. The first-order chi connectivity index (χ1) is 21.4. The molecule has 0 amide bonds. The van der Waals surface area contributed by atoms with Crippen LogP contribution >= 0.6 is 7.05 Å². The molecule has 44 heavy (non-hydrogen) atoms. The van der Waals surface area contributed by atoms with Crippen LogP contribution in [0.1, 0.15) is 50.7 Å². The van der Waals surface area contributed by atoms with Crippen LogP contribution in [0, 0.1) is 0 Å². The van der Waals surface area contributed by atoms with E-state index in [0.717, 1.165) is 33.8 Å². The molecule has 0 unspecified atom stereocenters. The van der Waals surface area contributed by atoms with Crippen molar-refractivity contribution in [2.45, 2.75) is 39.5 Å². The maximum absolute atomic E-state index is 6.07. The van der Waals surface area contributed by atoms with E-state index in [1.807, 2.05) is 0 Å². The zero-order valence-electron chi connectivity index (χ0n) is 26.2. The van der Waals surface area contributed by atoms with Crippen molar-refractivity contribution < 1.29 is 0 Å². The molecular formula is C40H40N3P. The van der Waals surface area contributed by atoms with Crippen molar-refractivity contribution in [2.24, 2.45) is 11.8 Å². The van der Waals surface area contributed by atoms with Crippen LogP contribution in [0.3, 0.4) is 0 Å². The number of aromatic nitrogens is 2. The van der Waals surface area contributed by atoms with Gasteiger partial charge in [0, 0.05) is 28.8 Å². The second-order valence-corrected chi connectivity index (χ2v) is 14.8. The number of rotatable bonds is 8. The maximum atomic E-state index is 6.07. The Bertz CT molecular complexity index is 1840. The third-order valence-corrected chi connectivity index (χ3v) is 11.9. The molecule has 0 fully saturated rings. The van der Waals surface area contributed by atoms with Gasteiger partial charge in [0.15, 0.2) is 5.57 Å². The Labute approximate surface area is 262 Å². The molecule has 0 bridgehead atoms. The van der Waals surface area contributed by atoms with Crippen molar-refractivity contribution in [2.75, 3.05) is 0 Å². The summed E-state index contributed by atoms with van der Waals surface area (Å²) in [6, 6.07) is 49.6. The highest BCUT2D eigenvalue weighted by Crippen LogP contribution is 2.52. The number of hydrogen-bond acceptors (Lipinski definition) is 2. The van der Waals surface area contributed by atoms with E-state index in [1.54, 1.807) is 0 Å². The van der Waals surface area contributed by atoms with Crippen molar-refractivity contribution in [1.29, 1.82) is 0 Å². The van der Waals surface area contributed by atoms with Crippen LogP contribution in [0.5, 0.6) is 0 Å². The van der Waals surface area contributed by atoms with Crippen molar-refractivity contribution in [3.05, 3.63) is 151 Å². The zero-order valence-corrected chi connectivity index (χ0v) is 27.1. The van der Waals surface area contributed by atoms with Crippen LogP contribution in [0.25, 0.3) is 22.5 Å². The predicted octanol–water partition coefficient (Wildman–Crippen LogP) is 9.81. The number of imidazole rings is 1. The smallest absolute Gasteiger partial charge is 0.158 e. The molecule has 5 aromatic carbocycles. The highest BCUT2D eigenvalue weighted by Gasteiger charge is 2.35. The monoisotopic (exact) mass is 593 g/mol. The largest absolute Gasteiger partial charge is 0.325 e. The molecule has 1 heterocycles. The second-order valence-electron chi connectivity index (χ2n) is 11.9. The van der Waals surface area contributed by atoms with Gasteiger partial charge in [-0.1, -0.05) is 167 Å². The molecule has 4 heteroatoms. The first-order valence-corrected chi connectivity index (χ1v) is 17.2. The van der Waals surface area contributed by atoms with Gasteiger partial charge in [-0.2, -0.15) is 0 Å². The topological polar surface area (TPSA) is 30.2 Å². The molecule has 0 spiro atoms. The van der Waals surface area contributed by atoms with Crippen molar-refractivity contribution in [1.82, 2.24) is 9.55 Å². The number of benzene rings is 5. The molecule has 220 valence electrons. The first kappa shape index (κ1) is 29.6. The van der Waals surface area contributed by atoms with Crippen LogP contribution in [0.2, 0.25) is 0 Å². The summed E-state index contributed by atoms with van der Waals surface area (Å²) in [6.07, 6.45) is 0. The Morgan fingerprint density at radius 1 is 0.545 bits per heavy atom. The molecule has 0 saturated heterocycles. The van der Waals surface area contributed by atoms with Crippen molar-refractivity contribution in [3.63, 3.8) is 0 Å². The summed E-state index contributed by atoms with van der Waals surface area (Å²) in [7, 11) is -0.545. The minimum Gasteiger partial charge on any atom is -0.325 e. The Morgan fingerprint density at radius 3 is 1.43 bits per heavy atom. The first-order valence-electron chi connectivity index (χ1n) is 15.5. The van der Waals surface area contributed by atoms with Gasteiger partial charge in [0.1, 0.15) is 0 Å². The van der Waals surface area contributed by atoms with Crippen LogP contribution in [0.15, 0.2) is 144 Å². The summed E-state index contributed by atoms with van der Waals surface area (Å²) in [6.45, 7) is 9.08. The normalized spacial score (nSPS) is 11.7. The quantitative estimate of drug-likeness (QED) is 0.162. The van der Waals surface area contributed by atoms with E-state index in [0.29, 0.717) is 11.8 Å². The third-order valence-electron chi connectivity index (χ3n) is 8.31. The van der Waals surface area contributed by atoms with Gasteiger partial charge < -0.3 is 4.57 Å². The van der Waals surface area contributed by atoms with E-state index < -0.39 is 7.05 Å². The lowest BCUT2D eigenvalue weighted by Crippen LogP contribution is -2.31. The van der Waals surface area contributed by atoms with Gasteiger partial charge in [-0.25, -0.2) is 4.98 Å². The zero-order chi connectivity index (χ0) is 30.7. The summed E-state index contributed by atoms with van der Waals surface area (Å²) in [5.74, 6) is 0.643. The minimum absolute atomic E-state index is 0.321. The summed E-state index contributed by atoms with van der Waals surface area (Å²) >= 11 is 0. The van der Waals surface area contributed by atoms with E-state index in [-0.39, 0.29) is 0 Å². The molecule has 6 rings (SSSR count). The number of hydrogen-bond donors (Lipinski definition) is 0. The molecule has 0 N–H and O–H groups in total. The van der Waals surface area contributed by atoms with Gasteiger partial charge >= 0.3 is 0 Å². The summed E-state index contributed by atoms with van der Waals surface area (Å²) in [4.78, 5) is 5.65. The molecule has 3 nitrogen and oxygen atoms in total. The van der Waals surface area contributed by atoms with Crippen molar-refractivity contribution in [3.8, 4) is 22.5 Å². The Hall–Kier alpha value is -4.46. The minimum atomic E-state index is -2.72. The van der Waals surface area contributed by atoms with Gasteiger partial charge in [-0.15, -0.1) is 0 Å². The van der Waals surface area contributed by atoms with E-state index in [2.05, 4.69) is 179 Å². The molecule has 0 atom stereocenters. The van der Waals surface area contributed by atoms with E-state index >= 15 is 0 Å². The lowest BCUT2D eigenvalue weighted by atomic mass is 9.93. The van der Waals surface area contributed by atoms with Gasteiger partial charge in [0.25, 0.3) is 0 Å². The Morgan fingerprint density at radius 2 is 0.977 bits per heavy atom. The van der Waals surface area contributed by atoms with Gasteiger partial charge in [-0.3, -0.25) is 4.74 Å². The fraction of sp³-hybridized carbons (Fsp3) is 0.175. The highest BCUT2D eigenvalue weighted by atomic mass is 31.2. The fourth-order valence-electron chi connectivity index (χ4n) is 6.10. The molecule has 1 aromatic heterocycles. The summed E-state index contributed by atoms with van der Waals surface area (Å²) in [5.41, 5.74) is 8.93. The summed E-state index contributed by atoms with van der Waals surface area (Å²) in [5, 5.41) is 2.37. The van der Waals surface area contributed by atoms with Crippen molar-refractivity contribution >= 4 is 28.9 Å². The van der Waals surface area contributed by atoms with Crippen LogP contribution in [-0.2, 0) is 7.05 Å². The van der Waals surface area contributed by atoms with E-state index in [1.165, 1.54) is 21.7 Å². The molecule has 0 aliphatic rings. The lowest BCUT2D eigenvalue weighted by Gasteiger charge is -2.28. The molecule has 0 aliphatic heterocycles. The molecule has 0 saturated carbocycles. The SMILES string of the molecule is CC(C)c1cccc(C(C)C)c1N=P(c1ccccc1)(c1ccccc1)c1nc(-c2ccccc2)c(-c2ccccc2)n1C. The number of nitrogens with zero attached hydrogens (tertiary/aromatic N) is 3. The molecule has 0 aliphatic carbocycles. The molecule has 6 aromatic rings. The van der Waals surface area contributed by atoms with E-state index in [4.69, 9.17) is 9.73 Å². The van der Waals surface area contributed by atoms with Crippen LogP contribution in [-0.4, -0.2) is 9.55 Å². The van der Waals surface area contributed by atoms with Gasteiger partial charge in [-0.05, 0) is 23.0 Å². The van der Waals surface area contributed by atoms with Crippen LogP contribution < -0.4 is 16.2 Å². The standard InChI is InChI=1S/C40H40N3P/c1-29(2)35-27-18-28-36(30(3)4)38(35)42-44(33-23-14-8-15-24-33,34-25-16-9-17-26-34)40-41-37(31-19-10-6-11-20-31)39(43(40)5)32-21-12-7-13-22-32/h6-30H,1-5H3. The summed E-state index contributed by atoms with van der Waals surface area (Å²) < 4.78 is 8.40. The molecule has 0 radical (unpaired) electrons. The molecular weight excluding hydrogens is 553 g/mol. The van der Waals surface area contributed by atoms with Crippen LogP contribution in [0.4, 0.5) is 5.69 Å². The average Bonchev–Trinajstić information content (AvgIpc) is 3.42. The Kier molecular flexibility index (Phi) is 8.51. The average molecular weight is 594 g/mol. The third kappa shape index (κ3) is 5.38. The van der Waals surface area contributed by atoms with Gasteiger partial charge in [0.05, 0.1) is 24.1 Å². The Balaban J connectivity index is 1.84. The highest BCUT2D eigenvalue weighted by molar-refractivity contribution is 7.87. The van der Waals surface area contributed by atoms with Gasteiger partial charge in [0.2, 0.25) is 0 Å². The lowest BCUT2D eigenvalue weighted by molar-refractivity contribution is 0.835. The predicted molar refractivity (Wildman–Crippen MR) is 189 cm³/mol. The maximum Gasteiger partial charge on any atom is 0.158 e. The van der Waals surface area contributed by atoms with E-state index in [9.17, 15) is 0 Å².